The Labute approximate surface area is 187 Å². The minimum atomic E-state index is -0.612. The highest BCUT2D eigenvalue weighted by atomic mass is 35.5. The molecule has 156 valence electrons. The van der Waals surface area contributed by atoms with E-state index in [1.807, 2.05) is 38.1 Å². The molecule has 0 bridgehead atoms. The van der Waals surface area contributed by atoms with Gasteiger partial charge in [-0.05, 0) is 50.1 Å². The third kappa shape index (κ3) is 7.25. The number of benzene rings is 2. The van der Waals surface area contributed by atoms with Gasteiger partial charge in [-0.2, -0.15) is 0 Å². The number of hydrogen-bond donors (Lipinski definition) is 1. The maximum Gasteiger partial charge on any atom is 0.242 e. The van der Waals surface area contributed by atoms with Crippen LogP contribution in [-0.4, -0.2) is 35.1 Å². The predicted molar refractivity (Wildman–Crippen MR) is 122 cm³/mol. The zero-order valence-corrected chi connectivity index (χ0v) is 19.2. The number of carbonyl (C=O) groups is 2. The van der Waals surface area contributed by atoms with Crippen molar-refractivity contribution < 1.29 is 9.59 Å². The highest BCUT2D eigenvalue weighted by Gasteiger charge is 2.26. The van der Waals surface area contributed by atoms with Crippen molar-refractivity contribution in [3.8, 4) is 0 Å². The van der Waals surface area contributed by atoms with Crippen LogP contribution >= 0.6 is 35.0 Å². The zero-order chi connectivity index (χ0) is 21.4. The molecule has 0 aliphatic rings. The summed E-state index contributed by atoms with van der Waals surface area (Å²) < 4.78 is 0. The molecule has 0 heterocycles. The Morgan fingerprint density at radius 3 is 2.45 bits per heavy atom. The second-order valence-corrected chi connectivity index (χ2v) is 8.72. The number of hydrogen-bond acceptors (Lipinski definition) is 3. The summed E-state index contributed by atoms with van der Waals surface area (Å²) in [5.74, 6) is -0.0639. The fourth-order valence-electron chi connectivity index (χ4n) is 2.67. The summed E-state index contributed by atoms with van der Waals surface area (Å²) in [5.41, 5.74) is 1.92. The Morgan fingerprint density at radius 1 is 1.14 bits per heavy atom. The van der Waals surface area contributed by atoms with E-state index < -0.39 is 6.04 Å². The van der Waals surface area contributed by atoms with E-state index in [-0.39, 0.29) is 24.1 Å². The Kier molecular flexibility index (Phi) is 9.34. The van der Waals surface area contributed by atoms with Gasteiger partial charge in [-0.1, -0.05) is 53.9 Å². The van der Waals surface area contributed by atoms with Gasteiger partial charge in [-0.15, -0.1) is 11.8 Å². The topological polar surface area (TPSA) is 49.4 Å². The molecule has 0 aliphatic carbocycles. The van der Waals surface area contributed by atoms with E-state index in [0.717, 1.165) is 16.9 Å². The van der Waals surface area contributed by atoms with Gasteiger partial charge in [-0.3, -0.25) is 9.59 Å². The molecule has 0 aliphatic heterocycles. The molecule has 1 N–H and O–H groups in total. The summed E-state index contributed by atoms with van der Waals surface area (Å²) in [6.45, 7) is 6.56. The average Bonchev–Trinajstić information content (AvgIpc) is 2.70. The molecule has 0 spiro atoms. The number of carbonyl (C=O) groups excluding carboxylic acids is 2. The van der Waals surface area contributed by atoms with Crippen molar-refractivity contribution in [1.29, 1.82) is 0 Å². The Balaban J connectivity index is 2.16. The van der Waals surface area contributed by atoms with Crippen LogP contribution in [0.15, 0.2) is 47.4 Å². The third-order valence-corrected chi connectivity index (χ3v) is 6.04. The van der Waals surface area contributed by atoms with Crippen molar-refractivity contribution in [2.45, 2.75) is 44.7 Å². The Hall–Kier alpha value is -1.69. The normalized spacial score (nSPS) is 11.8. The quantitative estimate of drug-likeness (QED) is 0.522. The Bertz CT molecular complexity index is 843. The van der Waals surface area contributed by atoms with Crippen molar-refractivity contribution in [2.75, 3.05) is 12.3 Å². The summed E-state index contributed by atoms with van der Waals surface area (Å²) in [7, 11) is 0. The van der Waals surface area contributed by atoms with E-state index >= 15 is 0 Å². The lowest BCUT2D eigenvalue weighted by Crippen LogP contribution is -2.48. The van der Waals surface area contributed by atoms with Gasteiger partial charge >= 0.3 is 0 Å². The van der Waals surface area contributed by atoms with Crippen LogP contribution in [0.5, 0.6) is 0 Å². The highest BCUT2D eigenvalue weighted by molar-refractivity contribution is 8.00. The summed E-state index contributed by atoms with van der Waals surface area (Å²) in [6.07, 6.45) is 0.832. The number of thioether (sulfide) groups is 1. The monoisotopic (exact) mass is 452 g/mol. The maximum atomic E-state index is 13.0. The van der Waals surface area contributed by atoms with E-state index in [0.29, 0.717) is 16.6 Å². The summed E-state index contributed by atoms with van der Waals surface area (Å²) in [6, 6.07) is 12.6. The molecule has 29 heavy (non-hydrogen) atoms. The first-order valence-electron chi connectivity index (χ1n) is 9.52. The fourth-order valence-corrected chi connectivity index (χ4v) is 3.93. The van der Waals surface area contributed by atoms with Crippen LogP contribution in [-0.2, 0) is 16.1 Å². The number of amides is 2. The number of nitrogens with one attached hydrogen (secondary N) is 1. The number of halogens is 2. The van der Waals surface area contributed by atoms with Crippen LogP contribution in [0.2, 0.25) is 10.0 Å². The molecule has 0 aromatic heterocycles. The molecule has 2 rings (SSSR count). The minimum absolute atomic E-state index is 0.124. The van der Waals surface area contributed by atoms with Crippen LogP contribution < -0.4 is 5.32 Å². The molecule has 0 radical (unpaired) electrons. The molecule has 0 fully saturated rings. The molecule has 4 nitrogen and oxygen atoms in total. The lowest BCUT2D eigenvalue weighted by Gasteiger charge is -2.29. The largest absolute Gasteiger partial charge is 0.354 e. The van der Waals surface area contributed by atoms with Crippen molar-refractivity contribution >= 4 is 46.8 Å². The first-order valence-corrected chi connectivity index (χ1v) is 11.3. The molecule has 2 aromatic carbocycles. The first kappa shape index (κ1) is 23.6. The lowest BCUT2D eigenvalue weighted by atomic mass is 10.1. The van der Waals surface area contributed by atoms with E-state index in [2.05, 4.69) is 5.32 Å². The maximum absolute atomic E-state index is 13.0. The highest BCUT2D eigenvalue weighted by Crippen LogP contribution is 2.24. The summed E-state index contributed by atoms with van der Waals surface area (Å²) in [4.78, 5) is 28.1. The van der Waals surface area contributed by atoms with Crippen LogP contribution in [0.1, 0.15) is 31.4 Å². The van der Waals surface area contributed by atoms with Crippen LogP contribution in [0, 0.1) is 6.92 Å². The number of rotatable bonds is 9. The minimum Gasteiger partial charge on any atom is -0.354 e. The van der Waals surface area contributed by atoms with E-state index in [1.165, 1.54) is 17.3 Å². The number of nitrogens with zero attached hydrogens (tertiary/aromatic N) is 1. The molecule has 7 heteroatoms. The van der Waals surface area contributed by atoms with E-state index in [1.54, 1.807) is 30.0 Å². The van der Waals surface area contributed by atoms with Gasteiger partial charge < -0.3 is 10.2 Å². The molecular formula is C22H26Cl2N2O2S. The molecule has 1 unspecified atom stereocenters. The predicted octanol–water partition coefficient (Wildman–Crippen LogP) is 5.34. The van der Waals surface area contributed by atoms with Crippen molar-refractivity contribution in [2.24, 2.45) is 0 Å². The zero-order valence-electron chi connectivity index (χ0n) is 16.9. The first-order chi connectivity index (χ1) is 13.8. The lowest BCUT2D eigenvalue weighted by molar-refractivity contribution is -0.138. The third-order valence-electron chi connectivity index (χ3n) is 4.46. The smallest absolute Gasteiger partial charge is 0.242 e. The average molecular weight is 453 g/mol. The van der Waals surface area contributed by atoms with Crippen LogP contribution in [0.3, 0.4) is 0 Å². The second-order valence-electron chi connectivity index (χ2n) is 6.83. The molecule has 2 amide bonds. The molecule has 0 saturated heterocycles. The SMILES string of the molecule is CCCNC(=O)C(C)N(Cc1ccc(Cl)cc1Cl)C(=O)CSc1ccc(C)cc1. The van der Waals surface area contributed by atoms with Crippen molar-refractivity contribution in [3.05, 3.63) is 63.6 Å². The second kappa shape index (κ2) is 11.5. The van der Waals surface area contributed by atoms with Gasteiger partial charge in [0.1, 0.15) is 6.04 Å². The molecular weight excluding hydrogens is 427 g/mol. The fraction of sp³-hybridized carbons (Fsp3) is 0.364. The standard InChI is InChI=1S/C22H26Cl2N2O2S/c1-4-11-25-22(28)16(3)26(13-17-7-8-18(23)12-20(17)24)21(27)14-29-19-9-5-15(2)6-10-19/h5-10,12,16H,4,11,13-14H2,1-3H3,(H,25,28). The van der Waals surface area contributed by atoms with Gasteiger partial charge in [0.25, 0.3) is 0 Å². The summed E-state index contributed by atoms with van der Waals surface area (Å²) in [5, 5.41) is 3.87. The molecule has 2 aromatic rings. The number of aryl methyl sites for hydroxylation is 1. The van der Waals surface area contributed by atoms with Gasteiger partial charge in [0.2, 0.25) is 11.8 Å². The van der Waals surface area contributed by atoms with Gasteiger partial charge in [-0.25, -0.2) is 0 Å². The van der Waals surface area contributed by atoms with E-state index in [4.69, 9.17) is 23.2 Å². The Morgan fingerprint density at radius 2 is 1.83 bits per heavy atom. The molecule has 0 saturated carbocycles. The van der Waals surface area contributed by atoms with Gasteiger partial charge in [0.05, 0.1) is 5.75 Å². The van der Waals surface area contributed by atoms with Crippen LogP contribution in [0.4, 0.5) is 0 Å². The summed E-state index contributed by atoms with van der Waals surface area (Å²) >= 11 is 13.7. The van der Waals surface area contributed by atoms with E-state index in [9.17, 15) is 9.59 Å². The van der Waals surface area contributed by atoms with Crippen molar-refractivity contribution in [3.63, 3.8) is 0 Å². The molecule has 1 atom stereocenters. The van der Waals surface area contributed by atoms with Crippen molar-refractivity contribution in [1.82, 2.24) is 10.2 Å². The van der Waals surface area contributed by atoms with Crippen LogP contribution in [0.25, 0.3) is 0 Å². The van der Waals surface area contributed by atoms with Gasteiger partial charge in [0, 0.05) is 28.0 Å². The van der Waals surface area contributed by atoms with Gasteiger partial charge in [0.15, 0.2) is 0 Å².